The van der Waals surface area contributed by atoms with Gasteiger partial charge in [0.25, 0.3) is 5.91 Å². The van der Waals surface area contributed by atoms with Gasteiger partial charge in [0.15, 0.2) is 0 Å². The minimum Gasteiger partial charge on any atom is -0.319 e. The number of nitrogens with zero attached hydrogens (tertiary/aromatic N) is 4. The van der Waals surface area contributed by atoms with Gasteiger partial charge in [-0.2, -0.15) is 0 Å². The Morgan fingerprint density at radius 1 is 1.13 bits per heavy atom. The lowest BCUT2D eigenvalue weighted by atomic mass is 10.2. The number of halogens is 1. The van der Waals surface area contributed by atoms with E-state index in [-0.39, 0.29) is 22.2 Å². The summed E-state index contributed by atoms with van der Waals surface area (Å²) in [7, 11) is -3.75. The molecule has 0 atom stereocenters. The van der Waals surface area contributed by atoms with Gasteiger partial charge in [-0.1, -0.05) is 18.9 Å². The van der Waals surface area contributed by atoms with Gasteiger partial charge in [-0.25, -0.2) is 22.2 Å². The number of tetrazole rings is 1. The average Bonchev–Trinajstić information content (AvgIpc) is 3.44. The lowest BCUT2D eigenvalue weighted by molar-refractivity contribution is 0.102. The maximum absolute atomic E-state index is 14.2. The number of sulfonamides is 1. The quantitative estimate of drug-likeness (QED) is 0.619. The van der Waals surface area contributed by atoms with Gasteiger partial charge in [-0.3, -0.25) is 4.79 Å². The van der Waals surface area contributed by atoms with Crippen molar-refractivity contribution < 1.29 is 17.6 Å². The van der Waals surface area contributed by atoms with Crippen LogP contribution in [0.5, 0.6) is 0 Å². The topological polar surface area (TPSA) is 119 Å². The lowest BCUT2D eigenvalue weighted by Crippen LogP contribution is -2.32. The van der Waals surface area contributed by atoms with Crippen LogP contribution in [0.4, 0.5) is 10.1 Å². The van der Waals surface area contributed by atoms with Crippen LogP contribution in [0.25, 0.3) is 5.69 Å². The number of hydrogen-bond acceptors (Lipinski definition) is 6. The van der Waals surface area contributed by atoms with Crippen molar-refractivity contribution in [1.82, 2.24) is 24.9 Å². The molecule has 0 bridgehead atoms. The third-order valence-corrected chi connectivity index (χ3v) is 6.41. The molecule has 1 fully saturated rings. The van der Waals surface area contributed by atoms with Crippen LogP contribution in [0.3, 0.4) is 0 Å². The van der Waals surface area contributed by atoms with Crippen LogP contribution in [0.2, 0.25) is 0 Å². The predicted molar refractivity (Wildman–Crippen MR) is 106 cm³/mol. The van der Waals surface area contributed by atoms with Crippen LogP contribution in [-0.4, -0.2) is 40.6 Å². The Kier molecular flexibility index (Phi) is 5.55. The third-order valence-electron chi connectivity index (χ3n) is 4.90. The van der Waals surface area contributed by atoms with Gasteiger partial charge in [0, 0.05) is 11.6 Å². The highest BCUT2D eigenvalue weighted by Crippen LogP contribution is 2.22. The van der Waals surface area contributed by atoms with Crippen molar-refractivity contribution in [3.63, 3.8) is 0 Å². The van der Waals surface area contributed by atoms with Gasteiger partial charge in [0.2, 0.25) is 10.0 Å². The molecule has 0 spiro atoms. The van der Waals surface area contributed by atoms with Crippen molar-refractivity contribution >= 4 is 21.6 Å². The Labute approximate surface area is 172 Å². The van der Waals surface area contributed by atoms with E-state index in [4.69, 9.17) is 0 Å². The van der Waals surface area contributed by atoms with Gasteiger partial charge in [0.05, 0.1) is 16.3 Å². The number of anilines is 1. The fourth-order valence-electron chi connectivity index (χ4n) is 3.36. The zero-order valence-corrected chi connectivity index (χ0v) is 16.6. The Bertz CT molecular complexity index is 1160. The van der Waals surface area contributed by atoms with Gasteiger partial charge in [0.1, 0.15) is 12.1 Å². The molecule has 0 radical (unpaired) electrons. The molecule has 30 heavy (non-hydrogen) atoms. The van der Waals surface area contributed by atoms with Crippen molar-refractivity contribution in [3.05, 3.63) is 60.2 Å². The molecule has 11 heteroatoms. The van der Waals surface area contributed by atoms with E-state index < -0.39 is 21.7 Å². The number of hydrogen-bond donors (Lipinski definition) is 2. The van der Waals surface area contributed by atoms with E-state index in [1.54, 1.807) is 0 Å². The highest BCUT2D eigenvalue weighted by molar-refractivity contribution is 7.89. The molecule has 0 aliphatic heterocycles. The summed E-state index contributed by atoms with van der Waals surface area (Å²) in [5, 5.41) is 13.2. The molecule has 2 aromatic carbocycles. The lowest BCUT2D eigenvalue weighted by Gasteiger charge is -2.13. The molecule has 1 aromatic heterocycles. The molecule has 1 aliphatic carbocycles. The zero-order valence-electron chi connectivity index (χ0n) is 15.8. The second-order valence-corrected chi connectivity index (χ2v) is 8.72. The van der Waals surface area contributed by atoms with E-state index in [0.717, 1.165) is 25.7 Å². The summed E-state index contributed by atoms with van der Waals surface area (Å²) >= 11 is 0. The number of carbonyl (C=O) groups excluding carboxylic acids is 1. The van der Waals surface area contributed by atoms with Crippen molar-refractivity contribution in [3.8, 4) is 5.69 Å². The van der Waals surface area contributed by atoms with Crippen LogP contribution >= 0.6 is 0 Å². The van der Waals surface area contributed by atoms with Crippen LogP contribution in [0, 0.1) is 5.82 Å². The van der Waals surface area contributed by atoms with Gasteiger partial charge < -0.3 is 5.32 Å². The van der Waals surface area contributed by atoms with Crippen LogP contribution in [0.15, 0.2) is 53.7 Å². The Morgan fingerprint density at radius 3 is 2.67 bits per heavy atom. The minimum atomic E-state index is -3.75. The summed E-state index contributed by atoms with van der Waals surface area (Å²) in [6, 6.07) is 9.58. The number of rotatable bonds is 6. The predicted octanol–water partition coefficient (Wildman–Crippen LogP) is 2.27. The molecule has 156 valence electrons. The maximum Gasteiger partial charge on any atom is 0.255 e. The second-order valence-electron chi connectivity index (χ2n) is 7.00. The summed E-state index contributed by atoms with van der Waals surface area (Å²) in [5.74, 6) is -1.28. The molecule has 9 nitrogen and oxygen atoms in total. The van der Waals surface area contributed by atoms with Crippen molar-refractivity contribution in [2.75, 3.05) is 5.32 Å². The molecular formula is C19H19FN6O3S. The average molecular weight is 430 g/mol. The zero-order chi connectivity index (χ0) is 21.1. The van der Waals surface area contributed by atoms with Gasteiger partial charge in [-0.15, -0.1) is 5.10 Å². The molecule has 2 N–H and O–H groups in total. The standard InChI is InChI=1S/C19H19FN6O3S/c20-17-9-8-15(26-12-21-24-25-26)11-18(17)22-19(27)13-4-3-7-16(10-13)30(28,29)23-14-5-1-2-6-14/h3-4,7-12,14,23H,1-2,5-6H2,(H,22,27). The highest BCUT2D eigenvalue weighted by atomic mass is 32.2. The first-order chi connectivity index (χ1) is 14.4. The van der Waals surface area contributed by atoms with E-state index in [1.807, 2.05) is 0 Å². The smallest absolute Gasteiger partial charge is 0.255 e. The van der Waals surface area contributed by atoms with Gasteiger partial charge >= 0.3 is 0 Å². The Morgan fingerprint density at radius 2 is 1.93 bits per heavy atom. The maximum atomic E-state index is 14.2. The minimum absolute atomic E-state index is 0.00929. The molecule has 1 heterocycles. The molecule has 1 amide bonds. The molecular weight excluding hydrogens is 411 g/mol. The normalized spacial score (nSPS) is 14.7. The van der Waals surface area contributed by atoms with Crippen molar-refractivity contribution in [2.45, 2.75) is 36.6 Å². The van der Waals surface area contributed by atoms with E-state index in [2.05, 4.69) is 25.6 Å². The van der Waals surface area contributed by atoms with Crippen molar-refractivity contribution in [1.29, 1.82) is 0 Å². The number of aromatic nitrogens is 4. The summed E-state index contributed by atoms with van der Waals surface area (Å²) in [6.45, 7) is 0. The molecule has 1 saturated carbocycles. The number of carbonyl (C=O) groups is 1. The second kappa shape index (κ2) is 8.28. The highest BCUT2D eigenvalue weighted by Gasteiger charge is 2.23. The number of amides is 1. The van der Waals surface area contributed by atoms with Crippen LogP contribution in [0.1, 0.15) is 36.0 Å². The molecule has 4 rings (SSSR count). The first kappa shape index (κ1) is 20.1. The largest absolute Gasteiger partial charge is 0.319 e. The Hall–Kier alpha value is -3.18. The third kappa shape index (κ3) is 4.36. The van der Waals surface area contributed by atoms with Crippen molar-refractivity contribution in [2.24, 2.45) is 0 Å². The summed E-state index contributed by atoms with van der Waals surface area (Å²) < 4.78 is 43.5. The number of nitrogens with one attached hydrogen (secondary N) is 2. The fraction of sp³-hybridized carbons (Fsp3) is 0.263. The Balaban J connectivity index is 1.54. The monoisotopic (exact) mass is 430 g/mol. The van der Waals surface area contributed by atoms with Crippen LogP contribution < -0.4 is 10.0 Å². The molecule has 3 aromatic rings. The first-order valence-corrected chi connectivity index (χ1v) is 10.9. The van der Waals surface area contributed by atoms with Crippen LogP contribution in [-0.2, 0) is 10.0 Å². The molecule has 0 saturated heterocycles. The van der Waals surface area contributed by atoms with E-state index in [1.165, 1.54) is 53.5 Å². The van der Waals surface area contributed by atoms with E-state index in [0.29, 0.717) is 5.69 Å². The summed E-state index contributed by atoms with van der Waals surface area (Å²) in [5.41, 5.74) is 0.468. The SMILES string of the molecule is O=C(Nc1cc(-n2cnnn2)ccc1F)c1cccc(S(=O)(=O)NC2CCCC2)c1. The molecule has 1 aliphatic rings. The fourth-order valence-corrected chi connectivity index (χ4v) is 4.71. The molecule has 0 unspecified atom stereocenters. The first-order valence-electron chi connectivity index (χ1n) is 9.39. The van der Waals surface area contributed by atoms with E-state index >= 15 is 0 Å². The van der Waals surface area contributed by atoms with Gasteiger partial charge in [-0.05, 0) is 59.7 Å². The summed E-state index contributed by atoms with van der Waals surface area (Å²) in [4.78, 5) is 12.6. The number of benzene rings is 2. The van der Waals surface area contributed by atoms with E-state index in [9.17, 15) is 17.6 Å². The summed E-state index contributed by atoms with van der Waals surface area (Å²) in [6.07, 6.45) is 4.92.